The van der Waals surface area contributed by atoms with Crippen molar-refractivity contribution in [3.63, 3.8) is 0 Å². The number of rotatable bonds is 8. The third kappa shape index (κ3) is 7.54. The summed E-state index contributed by atoms with van der Waals surface area (Å²) in [5.41, 5.74) is 0. The van der Waals surface area contributed by atoms with Gasteiger partial charge in [0.1, 0.15) is 0 Å². The van der Waals surface area contributed by atoms with E-state index in [4.69, 9.17) is 9.47 Å². The Labute approximate surface area is 166 Å². The molecule has 2 N–H and O–H groups in total. The lowest BCUT2D eigenvalue weighted by molar-refractivity contribution is 0.0733. The highest BCUT2D eigenvalue weighted by molar-refractivity contribution is 14.0. The Morgan fingerprint density at radius 1 is 1.33 bits per heavy atom. The number of piperidine rings is 1. The minimum atomic E-state index is 0. The van der Waals surface area contributed by atoms with Crippen LogP contribution in [0.4, 0.5) is 5.00 Å². The van der Waals surface area contributed by atoms with E-state index in [0.29, 0.717) is 25.9 Å². The molecule has 1 fully saturated rings. The van der Waals surface area contributed by atoms with Gasteiger partial charge in [-0.05, 0) is 30.4 Å². The number of hydrogen-bond donors (Lipinski definition) is 2. The molecule has 0 aliphatic carbocycles. The number of nitrogens with zero attached hydrogens (tertiary/aromatic N) is 2. The first-order chi connectivity index (χ1) is 11.3. The maximum atomic E-state index is 5.44. The van der Waals surface area contributed by atoms with E-state index in [1.54, 1.807) is 7.11 Å². The Hall–Kier alpha value is -0.580. The number of thiophene rings is 1. The first-order valence-corrected chi connectivity index (χ1v) is 9.03. The van der Waals surface area contributed by atoms with Crippen LogP contribution in [0.5, 0.6) is 0 Å². The lowest BCUT2D eigenvalue weighted by Gasteiger charge is -2.33. The van der Waals surface area contributed by atoms with Gasteiger partial charge in [0.2, 0.25) is 0 Å². The first kappa shape index (κ1) is 21.5. The van der Waals surface area contributed by atoms with Crippen LogP contribution >= 0.6 is 35.3 Å². The molecule has 1 aliphatic rings. The van der Waals surface area contributed by atoms with Gasteiger partial charge in [0.15, 0.2) is 5.96 Å². The molecule has 2 rings (SSSR count). The van der Waals surface area contributed by atoms with Gasteiger partial charge in [0, 0.05) is 39.8 Å². The summed E-state index contributed by atoms with van der Waals surface area (Å²) in [4.78, 5) is 6.75. The van der Waals surface area contributed by atoms with Crippen molar-refractivity contribution in [2.24, 2.45) is 4.99 Å². The van der Waals surface area contributed by atoms with Gasteiger partial charge in [0.25, 0.3) is 0 Å². The molecule has 1 saturated heterocycles. The Morgan fingerprint density at radius 3 is 2.75 bits per heavy atom. The van der Waals surface area contributed by atoms with Crippen molar-refractivity contribution in [2.45, 2.75) is 18.9 Å². The molecular formula is C16H29IN4O2S. The topological polar surface area (TPSA) is 58.1 Å². The minimum Gasteiger partial charge on any atom is -0.382 e. The van der Waals surface area contributed by atoms with Crippen molar-refractivity contribution >= 4 is 46.3 Å². The highest BCUT2D eigenvalue weighted by Gasteiger charge is 2.20. The Bertz CT molecular complexity index is 451. The molecule has 0 unspecified atom stereocenters. The van der Waals surface area contributed by atoms with Crippen LogP contribution in [-0.2, 0) is 9.47 Å². The third-order valence-corrected chi connectivity index (χ3v) is 4.78. The third-order valence-electron chi connectivity index (χ3n) is 3.85. The average molecular weight is 468 g/mol. The van der Waals surface area contributed by atoms with Crippen LogP contribution in [0.1, 0.15) is 12.8 Å². The molecule has 0 saturated carbocycles. The maximum absolute atomic E-state index is 5.44. The van der Waals surface area contributed by atoms with Crippen LogP contribution in [-0.4, -0.2) is 65.6 Å². The molecule has 1 aliphatic heterocycles. The predicted octanol–water partition coefficient (Wildman–Crippen LogP) is 2.16. The summed E-state index contributed by atoms with van der Waals surface area (Å²) in [7, 11) is 3.49. The molecule has 0 bridgehead atoms. The second kappa shape index (κ2) is 12.7. The van der Waals surface area contributed by atoms with Gasteiger partial charge < -0.3 is 25.0 Å². The average Bonchev–Trinajstić information content (AvgIpc) is 3.12. The molecule has 2 heterocycles. The highest BCUT2D eigenvalue weighted by atomic mass is 127. The monoisotopic (exact) mass is 468 g/mol. The van der Waals surface area contributed by atoms with E-state index in [0.717, 1.165) is 38.4 Å². The first-order valence-electron chi connectivity index (χ1n) is 8.16. The zero-order valence-corrected chi connectivity index (χ0v) is 17.6. The number of halogens is 1. The maximum Gasteiger partial charge on any atom is 0.191 e. The molecule has 1 aromatic heterocycles. The van der Waals surface area contributed by atoms with Crippen LogP contribution in [0.3, 0.4) is 0 Å². The van der Waals surface area contributed by atoms with E-state index in [1.807, 2.05) is 18.4 Å². The molecule has 6 nitrogen and oxygen atoms in total. The summed E-state index contributed by atoms with van der Waals surface area (Å²) in [5, 5.41) is 10.3. The van der Waals surface area contributed by atoms with Gasteiger partial charge in [-0.2, -0.15) is 0 Å². The molecule has 8 heteroatoms. The standard InChI is InChI=1S/C16H28N4O2S.HI/c1-17-16(18-7-10-22-12-11-21-2)19-14-5-8-20(9-6-14)15-4-3-13-23-15;/h3-4,13-14H,5-12H2,1-2H3,(H2,17,18,19);1H. The molecule has 0 atom stereocenters. The van der Waals surface area contributed by atoms with Gasteiger partial charge in [0.05, 0.1) is 24.8 Å². The molecule has 0 spiro atoms. The van der Waals surface area contributed by atoms with Crippen molar-refractivity contribution in [1.29, 1.82) is 0 Å². The summed E-state index contributed by atoms with van der Waals surface area (Å²) < 4.78 is 10.4. The van der Waals surface area contributed by atoms with Gasteiger partial charge in [-0.1, -0.05) is 0 Å². The SMILES string of the molecule is CN=C(NCCOCCOC)NC1CCN(c2cccs2)CC1.I. The summed E-state index contributed by atoms with van der Waals surface area (Å²) in [6.07, 6.45) is 2.26. The lowest BCUT2D eigenvalue weighted by Crippen LogP contribution is -2.49. The Morgan fingerprint density at radius 2 is 2.12 bits per heavy atom. The van der Waals surface area contributed by atoms with Crippen molar-refractivity contribution in [1.82, 2.24) is 10.6 Å². The van der Waals surface area contributed by atoms with E-state index in [-0.39, 0.29) is 24.0 Å². The van der Waals surface area contributed by atoms with Gasteiger partial charge in [-0.3, -0.25) is 4.99 Å². The fourth-order valence-electron chi connectivity index (χ4n) is 2.57. The fourth-order valence-corrected chi connectivity index (χ4v) is 3.35. The number of methoxy groups -OCH3 is 1. The molecule has 0 amide bonds. The largest absolute Gasteiger partial charge is 0.382 e. The molecule has 138 valence electrons. The highest BCUT2D eigenvalue weighted by Crippen LogP contribution is 2.24. The molecule has 24 heavy (non-hydrogen) atoms. The smallest absolute Gasteiger partial charge is 0.191 e. The zero-order chi connectivity index (χ0) is 16.3. The summed E-state index contributed by atoms with van der Waals surface area (Å²) >= 11 is 1.81. The van der Waals surface area contributed by atoms with Crippen molar-refractivity contribution in [3.8, 4) is 0 Å². The second-order valence-corrected chi connectivity index (χ2v) is 6.39. The van der Waals surface area contributed by atoms with Crippen LogP contribution in [0, 0.1) is 0 Å². The van der Waals surface area contributed by atoms with Gasteiger partial charge >= 0.3 is 0 Å². The van der Waals surface area contributed by atoms with E-state index >= 15 is 0 Å². The molecular weight excluding hydrogens is 439 g/mol. The molecule has 1 aromatic rings. The Balaban J connectivity index is 0.00000288. The molecule has 0 radical (unpaired) electrons. The van der Waals surface area contributed by atoms with E-state index in [9.17, 15) is 0 Å². The van der Waals surface area contributed by atoms with Crippen molar-refractivity contribution < 1.29 is 9.47 Å². The summed E-state index contributed by atoms with van der Waals surface area (Å²) in [5.74, 6) is 0.856. The van der Waals surface area contributed by atoms with Crippen LogP contribution in [0.25, 0.3) is 0 Å². The quantitative estimate of drug-likeness (QED) is 0.265. The fraction of sp³-hybridized carbons (Fsp3) is 0.688. The predicted molar refractivity (Wildman–Crippen MR) is 112 cm³/mol. The number of guanidine groups is 1. The van der Waals surface area contributed by atoms with Crippen LogP contribution in [0.15, 0.2) is 22.5 Å². The number of aliphatic imine (C=N–C) groups is 1. The normalized spacial score (nSPS) is 15.9. The number of anilines is 1. The Kier molecular flexibility index (Phi) is 11.4. The summed E-state index contributed by atoms with van der Waals surface area (Å²) in [6, 6.07) is 4.79. The lowest BCUT2D eigenvalue weighted by atomic mass is 10.1. The number of ether oxygens (including phenoxy) is 2. The van der Waals surface area contributed by atoms with E-state index in [2.05, 4.69) is 38.0 Å². The number of nitrogens with one attached hydrogen (secondary N) is 2. The van der Waals surface area contributed by atoms with E-state index < -0.39 is 0 Å². The van der Waals surface area contributed by atoms with Gasteiger partial charge in [-0.15, -0.1) is 35.3 Å². The molecule has 0 aromatic carbocycles. The minimum absolute atomic E-state index is 0. The van der Waals surface area contributed by atoms with Gasteiger partial charge in [-0.25, -0.2) is 0 Å². The van der Waals surface area contributed by atoms with Crippen LogP contribution < -0.4 is 15.5 Å². The van der Waals surface area contributed by atoms with E-state index in [1.165, 1.54) is 5.00 Å². The van der Waals surface area contributed by atoms with Crippen LogP contribution in [0.2, 0.25) is 0 Å². The van der Waals surface area contributed by atoms with Crippen molar-refractivity contribution in [2.75, 3.05) is 58.5 Å². The van der Waals surface area contributed by atoms with Crippen molar-refractivity contribution in [3.05, 3.63) is 17.5 Å². The number of hydrogen-bond acceptors (Lipinski definition) is 5. The zero-order valence-electron chi connectivity index (χ0n) is 14.5. The summed E-state index contributed by atoms with van der Waals surface area (Å²) in [6.45, 7) is 4.85. The second-order valence-electron chi connectivity index (χ2n) is 5.46.